The number of aliphatic hydroxyl groups is 1. The molecule has 1 N–H and O–H groups in total. The van der Waals surface area contributed by atoms with Crippen LogP contribution in [-0.2, 0) is 10.2 Å². The van der Waals surface area contributed by atoms with Gasteiger partial charge in [0.25, 0.3) is 0 Å². The zero-order valence-electron chi connectivity index (χ0n) is 17.1. The second kappa shape index (κ2) is 8.70. The highest BCUT2D eigenvalue weighted by Gasteiger charge is 2.41. The number of likely N-dealkylation sites (tertiary alicyclic amines) is 1. The zero-order valence-corrected chi connectivity index (χ0v) is 17.9. The molecule has 1 aliphatic heterocycles. The molecule has 1 aromatic heterocycles. The summed E-state index contributed by atoms with van der Waals surface area (Å²) in [5.41, 5.74) is 2.83. The lowest BCUT2D eigenvalue weighted by molar-refractivity contribution is -0.138. The van der Waals surface area contributed by atoms with E-state index in [1.165, 1.54) is 17.0 Å². The number of amides is 1. The van der Waals surface area contributed by atoms with Crippen molar-refractivity contribution in [1.82, 2.24) is 4.90 Å². The van der Waals surface area contributed by atoms with Gasteiger partial charge in [0.1, 0.15) is 5.82 Å². The van der Waals surface area contributed by atoms with Crippen LogP contribution in [0, 0.1) is 5.82 Å². The number of carbonyl (C=O) groups is 1. The van der Waals surface area contributed by atoms with E-state index in [9.17, 15) is 14.3 Å². The molecule has 1 fully saturated rings. The molecule has 3 aromatic rings. The second-order valence-corrected chi connectivity index (χ2v) is 9.00. The summed E-state index contributed by atoms with van der Waals surface area (Å²) in [4.78, 5) is 16.3. The van der Waals surface area contributed by atoms with Crippen LogP contribution in [0.25, 0.3) is 11.1 Å². The van der Waals surface area contributed by atoms with Crippen molar-refractivity contribution in [2.24, 2.45) is 0 Å². The molecule has 156 valence electrons. The van der Waals surface area contributed by atoms with E-state index < -0.39 is 0 Å². The van der Waals surface area contributed by atoms with Crippen LogP contribution in [-0.4, -0.2) is 29.1 Å². The summed E-state index contributed by atoms with van der Waals surface area (Å²) in [6.07, 6.45) is 1.91. The van der Waals surface area contributed by atoms with E-state index >= 15 is 0 Å². The normalized spacial score (nSPS) is 20.4. The minimum atomic E-state index is -0.247. The SMILES string of the molecule is C[C@@H](c1ccc(-c2ccc(F)cc2)cc1)N1CCC(CCO)(c2cccs2)CC1=O. The van der Waals surface area contributed by atoms with Crippen molar-refractivity contribution in [3.8, 4) is 11.1 Å². The minimum absolute atomic E-state index is 0.0183. The van der Waals surface area contributed by atoms with Crippen molar-refractivity contribution in [3.63, 3.8) is 0 Å². The maximum Gasteiger partial charge on any atom is 0.224 e. The van der Waals surface area contributed by atoms with E-state index in [4.69, 9.17) is 0 Å². The average Bonchev–Trinajstić information content (AvgIpc) is 3.30. The first-order valence-corrected chi connectivity index (χ1v) is 11.2. The van der Waals surface area contributed by atoms with Crippen LogP contribution in [0.3, 0.4) is 0 Å². The van der Waals surface area contributed by atoms with Gasteiger partial charge in [-0.25, -0.2) is 4.39 Å². The van der Waals surface area contributed by atoms with Gasteiger partial charge in [-0.2, -0.15) is 0 Å². The molecule has 1 unspecified atom stereocenters. The fourth-order valence-corrected chi connectivity index (χ4v) is 5.45. The van der Waals surface area contributed by atoms with Gasteiger partial charge in [-0.15, -0.1) is 11.3 Å². The molecular weight excluding hydrogens is 397 g/mol. The third-order valence-corrected chi connectivity index (χ3v) is 7.43. The molecule has 2 heterocycles. The van der Waals surface area contributed by atoms with E-state index in [0.29, 0.717) is 19.4 Å². The molecule has 2 aromatic carbocycles. The molecule has 2 atom stereocenters. The first-order chi connectivity index (χ1) is 14.5. The summed E-state index contributed by atoms with van der Waals surface area (Å²) in [7, 11) is 0. The standard InChI is InChI=1S/C25H26FNO2S/c1-18(19-4-6-20(7-5-19)21-8-10-22(26)11-9-21)27-14-12-25(13-15-28,17-24(27)29)23-3-2-16-30-23/h2-11,16,18,28H,12-15,17H2,1H3/t18-,25?/m0/s1. The van der Waals surface area contributed by atoms with E-state index in [2.05, 4.69) is 13.0 Å². The lowest BCUT2D eigenvalue weighted by Crippen LogP contribution is -2.47. The minimum Gasteiger partial charge on any atom is -0.396 e. The Morgan fingerprint density at radius 1 is 1.10 bits per heavy atom. The summed E-state index contributed by atoms with van der Waals surface area (Å²) < 4.78 is 13.2. The smallest absolute Gasteiger partial charge is 0.224 e. The summed E-state index contributed by atoms with van der Waals surface area (Å²) >= 11 is 1.67. The number of halogens is 1. The van der Waals surface area contributed by atoms with Crippen molar-refractivity contribution in [2.75, 3.05) is 13.2 Å². The molecule has 5 heteroatoms. The number of aliphatic hydroxyl groups excluding tert-OH is 1. The maximum atomic E-state index is 13.2. The number of nitrogens with zero attached hydrogens (tertiary/aromatic N) is 1. The maximum absolute atomic E-state index is 13.2. The number of hydrogen-bond acceptors (Lipinski definition) is 3. The van der Waals surface area contributed by atoms with Crippen LogP contribution in [0.2, 0.25) is 0 Å². The van der Waals surface area contributed by atoms with Gasteiger partial charge in [-0.3, -0.25) is 4.79 Å². The van der Waals surface area contributed by atoms with Gasteiger partial charge in [-0.05, 0) is 60.0 Å². The topological polar surface area (TPSA) is 40.5 Å². The number of benzene rings is 2. The van der Waals surface area contributed by atoms with Gasteiger partial charge in [0.05, 0.1) is 6.04 Å². The van der Waals surface area contributed by atoms with Crippen LogP contribution in [0.1, 0.15) is 42.7 Å². The molecule has 0 radical (unpaired) electrons. The fourth-order valence-electron chi connectivity index (χ4n) is 4.47. The summed E-state index contributed by atoms with van der Waals surface area (Å²) in [6.45, 7) is 2.83. The molecule has 1 aliphatic rings. The average molecular weight is 424 g/mol. The molecule has 4 rings (SSSR count). The predicted molar refractivity (Wildman–Crippen MR) is 119 cm³/mol. The third-order valence-electron chi connectivity index (χ3n) is 6.31. The molecule has 1 amide bonds. The molecule has 0 saturated carbocycles. The Hall–Kier alpha value is -2.50. The Morgan fingerprint density at radius 3 is 2.33 bits per heavy atom. The Bertz CT molecular complexity index is 985. The largest absolute Gasteiger partial charge is 0.396 e. The molecule has 3 nitrogen and oxygen atoms in total. The van der Waals surface area contributed by atoms with Crippen LogP contribution in [0.5, 0.6) is 0 Å². The quantitative estimate of drug-likeness (QED) is 0.564. The van der Waals surface area contributed by atoms with E-state index in [1.807, 2.05) is 40.6 Å². The van der Waals surface area contributed by atoms with Gasteiger partial charge >= 0.3 is 0 Å². The molecule has 0 bridgehead atoms. The molecule has 1 saturated heterocycles. The van der Waals surface area contributed by atoms with Crippen molar-refractivity contribution in [1.29, 1.82) is 0 Å². The van der Waals surface area contributed by atoms with Gasteiger partial charge in [0.2, 0.25) is 5.91 Å². The van der Waals surface area contributed by atoms with E-state index in [1.54, 1.807) is 23.5 Å². The second-order valence-electron chi connectivity index (χ2n) is 8.05. The Morgan fingerprint density at radius 2 is 1.77 bits per heavy atom. The first-order valence-electron chi connectivity index (χ1n) is 10.3. The van der Waals surface area contributed by atoms with Crippen molar-refractivity contribution in [3.05, 3.63) is 82.3 Å². The number of piperidine rings is 1. The molecule has 0 spiro atoms. The lowest BCUT2D eigenvalue weighted by Gasteiger charge is -2.43. The van der Waals surface area contributed by atoms with Gasteiger partial charge in [-0.1, -0.05) is 42.5 Å². The van der Waals surface area contributed by atoms with Crippen LogP contribution in [0.4, 0.5) is 4.39 Å². The van der Waals surface area contributed by atoms with E-state index in [0.717, 1.165) is 23.1 Å². The number of hydrogen-bond donors (Lipinski definition) is 1. The molecular formula is C25H26FNO2S. The highest BCUT2D eigenvalue weighted by molar-refractivity contribution is 7.10. The van der Waals surface area contributed by atoms with Crippen LogP contribution in [0.15, 0.2) is 66.0 Å². The molecule has 0 aliphatic carbocycles. The fraction of sp³-hybridized carbons (Fsp3) is 0.320. The summed E-state index contributed by atoms with van der Waals surface area (Å²) in [5.74, 6) is -0.106. The number of thiophene rings is 1. The third kappa shape index (κ3) is 4.05. The van der Waals surface area contributed by atoms with Crippen LogP contribution >= 0.6 is 11.3 Å². The Labute approximate surface area is 180 Å². The van der Waals surface area contributed by atoms with Crippen LogP contribution < -0.4 is 0 Å². The Balaban J connectivity index is 1.49. The van der Waals surface area contributed by atoms with E-state index in [-0.39, 0.29) is 29.8 Å². The van der Waals surface area contributed by atoms with Gasteiger partial charge in [0, 0.05) is 29.9 Å². The Kier molecular flexibility index (Phi) is 6.02. The highest BCUT2D eigenvalue weighted by Crippen LogP contribution is 2.43. The van der Waals surface area contributed by atoms with Gasteiger partial charge < -0.3 is 10.0 Å². The monoisotopic (exact) mass is 423 g/mol. The predicted octanol–water partition coefficient (Wildman–Crippen LogP) is 5.56. The van der Waals surface area contributed by atoms with Crippen molar-refractivity contribution >= 4 is 17.2 Å². The van der Waals surface area contributed by atoms with Crippen molar-refractivity contribution in [2.45, 2.75) is 37.6 Å². The number of carbonyl (C=O) groups excluding carboxylic acids is 1. The lowest BCUT2D eigenvalue weighted by atomic mass is 9.74. The van der Waals surface area contributed by atoms with Crippen molar-refractivity contribution < 1.29 is 14.3 Å². The zero-order chi connectivity index (χ0) is 21.1. The highest BCUT2D eigenvalue weighted by atomic mass is 32.1. The molecule has 30 heavy (non-hydrogen) atoms. The summed E-state index contributed by atoms with van der Waals surface area (Å²) in [5, 5.41) is 11.7. The summed E-state index contributed by atoms with van der Waals surface area (Å²) in [6, 6.07) is 18.7. The first kappa shape index (κ1) is 20.8. The number of rotatable bonds is 6. The van der Waals surface area contributed by atoms with Gasteiger partial charge in [0.15, 0.2) is 0 Å².